The molecule has 0 radical (unpaired) electrons. The van der Waals surface area contributed by atoms with E-state index >= 15 is 0 Å². The molecular weight excluding hydrogens is 220 g/mol. The van der Waals surface area contributed by atoms with Gasteiger partial charge >= 0.3 is 0 Å². The highest BCUT2D eigenvalue weighted by Crippen LogP contribution is 2.17. The van der Waals surface area contributed by atoms with E-state index in [-0.39, 0.29) is 0 Å². The van der Waals surface area contributed by atoms with E-state index in [1.54, 1.807) is 6.20 Å². The molecule has 0 fully saturated rings. The van der Waals surface area contributed by atoms with Crippen LogP contribution < -0.4 is 5.32 Å². The first kappa shape index (κ1) is 11.0. The van der Waals surface area contributed by atoms with Crippen LogP contribution in [0.3, 0.4) is 0 Å². The minimum Gasteiger partial charge on any atom is -0.381 e. The second-order valence-corrected chi connectivity index (χ2v) is 3.77. The Hall–Kier alpha value is -1.54. The number of benzene rings is 1. The van der Waals surface area contributed by atoms with Crippen molar-refractivity contribution in [2.24, 2.45) is 0 Å². The number of aromatic nitrogens is 1. The fourth-order valence-corrected chi connectivity index (χ4v) is 1.74. The fraction of sp³-hybridized carbons (Fsp3) is 0.154. The van der Waals surface area contributed by atoms with Crippen LogP contribution in [0.25, 0.3) is 0 Å². The van der Waals surface area contributed by atoms with E-state index < -0.39 is 0 Å². The molecule has 1 aromatic carbocycles. The Morgan fingerprint density at radius 1 is 1.12 bits per heavy atom. The molecule has 0 spiro atoms. The Balaban J connectivity index is 2.05. The monoisotopic (exact) mass is 232 g/mol. The first-order valence-corrected chi connectivity index (χ1v) is 5.70. The first-order chi connectivity index (χ1) is 7.90. The zero-order valence-electron chi connectivity index (χ0n) is 8.86. The largest absolute Gasteiger partial charge is 0.381 e. The van der Waals surface area contributed by atoms with Gasteiger partial charge in [0.15, 0.2) is 0 Å². The van der Waals surface area contributed by atoms with E-state index in [2.05, 4.69) is 10.3 Å². The normalized spacial score (nSPS) is 10.1. The predicted octanol–water partition coefficient (Wildman–Crippen LogP) is 3.43. The molecule has 0 amide bonds. The molecule has 0 bridgehead atoms. The van der Waals surface area contributed by atoms with Gasteiger partial charge in [0.2, 0.25) is 0 Å². The number of pyridine rings is 1. The van der Waals surface area contributed by atoms with Crippen molar-refractivity contribution in [3.05, 3.63) is 59.9 Å². The molecule has 1 heterocycles. The molecule has 1 N–H and O–H groups in total. The third kappa shape index (κ3) is 2.74. The molecular formula is C13H13ClN2. The molecule has 16 heavy (non-hydrogen) atoms. The second kappa shape index (κ2) is 5.52. The maximum atomic E-state index is 5.86. The standard InChI is InChI=1S/C13H13ClN2/c14-8-12-5-1-2-6-13(12)16-10-11-4-3-7-15-9-11/h1-7,9,16H,8,10H2. The van der Waals surface area contributed by atoms with Crippen LogP contribution in [-0.2, 0) is 12.4 Å². The predicted molar refractivity (Wildman–Crippen MR) is 67.6 cm³/mol. The van der Waals surface area contributed by atoms with Gasteiger partial charge in [0, 0.05) is 30.5 Å². The molecule has 0 aliphatic rings. The van der Waals surface area contributed by atoms with Crippen molar-refractivity contribution in [3.8, 4) is 0 Å². The zero-order chi connectivity index (χ0) is 11.2. The van der Waals surface area contributed by atoms with Gasteiger partial charge in [-0.25, -0.2) is 0 Å². The molecule has 3 heteroatoms. The van der Waals surface area contributed by atoms with Gasteiger partial charge in [-0.05, 0) is 23.3 Å². The summed E-state index contributed by atoms with van der Waals surface area (Å²) in [7, 11) is 0. The highest BCUT2D eigenvalue weighted by Gasteiger charge is 1.99. The molecule has 2 aromatic rings. The average Bonchev–Trinajstić information content (AvgIpc) is 2.38. The van der Waals surface area contributed by atoms with E-state index in [0.717, 1.165) is 23.4 Å². The maximum Gasteiger partial charge on any atom is 0.0494 e. The third-order valence-corrected chi connectivity index (χ3v) is 2.66. The van der Waals surface area contributed by atoms with Crippen molar-refractivity contribution in [2.75, 3.05) is 5.32 Å². The molecule has 0 aliphatic carbocycles. The smallest absolute Gasteiger partial charge is 0.0494 e. The molecule has 0 aliphatic heterocycles. The summed E-state index contributed by atoms with van der Waals surface area (Å²) in [5, 5.41) is 3.36. The molecule has 0 saturated carbocycles. The van der Waals surface area contributed by atoms with Gasteiger partial charge in [-0.3, -0.25) is 4.98 Å². The first-order valence-electron chi connectivity index (χ1n) is 5.17. The summed E-state index contributed by atoms with van der Waals surface area (Å²) in [5.41, 5.74) is 3.36. The van der Waals surface area contributed by atoms with Crippen molar-refractivity contribution < 1.29 is 0 Å². The number of halogens is 1. The Morgan fingerprint density at radius 2 is 2.00 bits per heavy atom. The van der Waals surface area contributed by atoms with E-state index in [1.165, 1.54) is 0 Å². The number of hydrogen-bond acceptors (Lipinski definition) is 2. The summed E-state index contributed by atoms with van der Waals surface area (Å²) in [6.45, 7) is 0.766. The lowest BCUT2D eigenvalue weighted by Gasteiger charge is -2.09. The van der Waals surface area contributed by atoms with Crippen LogP contribution in [0.1, 0.15) is 11.1 Å². The lowest BCUT2D eigenvalue weighted by atomic mass is 10.2. The molecule has 0 saturated heterocycles. The highest BCUT2D eigenvalue weighted by molar-refractivity contribution is 6.17. The van der Waals surface area contributed by atoms with Gasteiger partial charge in [-0.2, -0.15) is 0 Å². The lowest BCUT2D eigenvalue weighted by molar-refractivity contribution is 1.10. The summed E-state index contributed by atoms with van der Waals surface area (Å²) >= 11 is 5.86. The van der Waals surface area contributed by atoms with Gasteiger partial charge in [0.25, 0.3) is 0 Å². The van der Waals surface area contributed by atoms with Crippen molar-refractivity contribution in [1.29, 1.82) is 0 Å². The van der Waals surface area contributed by atoms with E-state index in [0.29, 0.717) is 5.88 Å². The summed E-state index contributed by atoms with van der Waals surface area (Å²) in [5.74, 6) is 0.524. The number of rotatable bonds is 4. The van der Waals surface area contributed by atoms with Gasteiger partial charge in [-0.1, -0.05) is 24.3 Å². The topological polar surface area (TPSA) is 24.9 Å². The van der Waals surface area contributed by atoms with E-state index in [1.807, 2.05) is 42.6 Å². The highest BCUT2D eigenvalue weighted by atomic mass is 35.5. The molecule has 1 aromatic heterocycles. The van der Waals surface area contributed by atoms with Gasteiger partial charge in [0.05, 0.1) is 0 Å². The number of hydrogen-bond donors (Lipinski definition) is 1. The van der Waals surface area contributed by atoms with E-state index in [9.17, 15) is 0 Å². The third-order valence-electron chi connectivity index (χ3n) is 2.37. The minimum atomic E-state index is 0.524. The van der Waals surface area contributed by atoms with Crippen LogP contribution in [0.15, 0.2) is 48.8 Å². The van der Waals surface area contributed by atoms with Gasteiger partial charge in [0.1, 0.15) is 0 Å². The lowest BCUT2D eigenvalue weighted by Crippen LogP contribution is -2.01. The molecule has 2 rings (SSSR count). The van der Waals surface area contributed by atoms with Gasteiger partial charge < -0.3 is 5.32 Å². The summed E-state index contributed by atoms with van der Waals surface area (Å²) in [6.07, 6.45) is 3.63. The van der Waals surface area contributed by atoms with E-state index in [4.69, 9.17) is 11.6 Å². The summed E-state index contributed by atoms with van der Waals surface area (Å²) < 4.78 is 0. The Morgan fingerprint density at radius 3 is 2.75 bits per heavy atom. The SMILES string of the molecule is ClCc1ccccc1NCc1cccnc1. The Bertz CT molecular complexity index is 443. The zero-order valence-corrected chi connectivity index (χ0v) is 9.61. The van der Waals surface area contributed by atoms with Crippen molar-refractivity contribution >= 4 is 17.3 Å². The fourth-order valence-electron chi connectivity index (χ4n) is 1.51. The van der Waals surface area contributed by atoms with Crippen LogP contribution in [0.4, 0.5) is 5.69 Å². The Kier molecular flexibility index (Phi) is 3.78. The number of alkyl halides is 1. The second-order valence-electron chi connectivity index (χ2n) is 3.51. The van der Waals surface area contributed by atoms with Crippen LogP contribution in [-0.4, -0.2) is 4.98 Å². The van der Waals surface area contributed by atoms with Gasteiger partial charge in [-0.15, -0.1) is 11.6 Å². The number of para-hydroxylation sites is 1. The number of anilines is 1. The summed E-state index contributed by atoms with van der Waals surface area (Å²) in [4.78, 5) is 4.07. The maximum absolute atomic E-state index is 5.86. The number of nitrogens with zero attached hydrogens (tertiary/aromatic N) is 1. The van der Waals surface area contributed by atoms with Crippen molar-refractivity contribution in [1.82, 2.24) is 4.98 Å². The molecule has 2 nitrogen and oxygen atoms in total. The van der Waals surface area contributed by atoms with Crippen molar-refractivity contribution in [2.45, 2.75) is 12.4 Å². The van der Waals surface area contributed by atoms with Crippen molar-refractivity contribution in [3.63, 3.8) is 0 Å². The average molecular weight is 233 g/mol. The Labute approximate surface area is 100 Å². The molecule has 0 atom stereocenters. The van der Waals surface area contributed by atoms with Crippen LogP contribution >= 0.6 is 11.6 Å². The summed E-state index contributed by atoms with van der Waals surface area (Å²) in [6, 6.07) is 12.0. The van der Waals surface area contributed by atoms with Crippen LogP contribution in [0, 0.1) is 0 Å². The molecule has 82 valence electrons. The number of nitrogens with one attached hydrogen (secondary N) is 1. The minimum absolute atomic E-state index is 0.524. The van der Waals surface area contributed by atoms with Crippen LogP contribution in [0.2, 0.25) is 0 Å². The quantitative estimate of drug-likeness (QED) is 0.817. The molecule has 0 unspecified atom stereocenters. The van der Waals surface area contributed by atoms with Crippen LogP contribution in [0.5, 0.6) is 0 Å².